The Morgan fingerprint density at radius 2 is 2.11 bits per heavy atom. The molecule has 0 aromatic rings. The number of ether oxygens (including phenoxy) is 3. The van der Waals surface area contributed by atoms with Gasteiger partial charge in [0, 0.05) is 45.9 Å². The summed E-state index contributed by atoms with van der Waals surface area (Å²) in [5, 5.41) is 3.57. The molecule has 0 spiro atoms. The van der Waals surface area contributed by atoms with Crippen LogP contribution in [0.3, 0.4) is 0 Å². The maximum atomic E-state index is 5.62. The Morgan fingerprint density at radius 1 is 1.33 bits per heavy atom. The van der Waals surface area contributed by atoms with Gasteiger partial charge in [-0.3, -0.25) is 4.90 Å². The highest BCUT2D eigenvalue weighted by Gasteiger charge is 2.41. The van der Waals surface area contributed by atoms with Crippen LogP contribution < -0.4 is 5.32 Å². The molecule has 5 nitrogen and oxygen atoms in total. The van der Waals surface area contributed by atoms with Crippen LogP contribution in [0.1, 0.15) is 13.3 Å². The molecule has 1 saturated heterocycles. The van der Waals surface area contributed by atoms with Crippen molar-refractivity contribution in [2.75, 3.05) is 53.1 Å². The molecule has 1 heterocycles. The molecule has 3 unspecified atom stereocenters. The third kappa shape index (κ3) is 3.65. The van der Waals surface area contributed by atoms with Gasteiger partial charge in [-0.2, -0.15) is 0 Å². The lowest BCUT2D eigenvalue weighted by Gasteiger charge is -2.43. The number of hydrogen-bond donors (Lipinski definition) is 1. The van der Waals surface area contributed by atoms with Crippen molar-refractivity contribution >= 4 is 0 Å². The van der Waals surface area contributed by atoms with E-state index in [4.69, 9.17) is 14.2 Å². The van der Waals surface area contributed by atoms with Gasteiger partial charge >= 0.3 is 0 Å². The lowest BCUT2D eigenvalue weighted by Crippen LogP contribution is -2.60. The summed E-state index contributed by atoms with van der Waals surface area (Å²) in [4.78, 5) is 2.44. The first-order chi connectivity index (χ1) is 8.85. The maximum Gasteiger partial charge on any atom is 0.0986 e. The van der Waals surface area contributed by atoms with Crippen molar-refractivity contribution in [1.29, 1.82) is 0 Å². The van der Waals surface area contributed by atoms with Gasteiger partial charge in [-0.25, -0.2) is 0 Å². The van der Waals surface area contributed by atoms with Gasteiger partial charge in [0.05, 0.1) is 25.4 Å². The minimum atomic E-state index is 0.217. The summed E-state index contributed by atoms with van der Waals surface area (Å²) in [6.07, 6.45) is 1.56. The summed E-state index contributed by atoms with van der Waals surface area (Å²) in [6.45, 7) is 8.77. The molecule has 2 aliphatic rings. The highest BCUT2D eigenvalue weighted by Crippen LogP contribution is 2.26. The Hall–Kier alpha value is -0.200. The van der Waals surface area contributed by atoms with Crippen molar-refractivity contribution in [3.05, 3.63) is 0 Å². The Labute approximate surface area is 110 Å². The molecule has 1 saturated carbocycles. The summed E-state index contributed by atoms with van der Waals surface area (Å²) in [5.74, 6) is 0. The predicted octanol–water partition coefficient (Wildman–Crippen LogP) is 0.101. The molecule has 106 valence electrons. The molecule has 18 heavy (non-hydrogen) atoms. The number of rotatable bonds is 7. The molecule has 2 fully saturated rings. The molecule has 3 atom stereocenters. The second-order valence-electron chi connectivity index (χ2n) is 4.94. The molecule has 1 N–H and O–H groups in total. The number of hydrogen-bond acceptors (Lipinski definition) is 5. The van der Waals surface area contributed by atoms with Crippen molar-refractivity contribution in [3.8, 4) is 0 Å². The lowest BCUT2D eigenvalue weighted by molar-refractivity contribution is -0.131. The van der Waals surface area contributed by atoms with E-state index in [1.807, 2.05) is 6.92 Å². The highest BCUT2D eigenvalue weighted by atomic mass is 16.5. The zero-order chi connectivity index (χ0) is 12.8. The first kappa shape index (κ1) is 14.2. The van der Waals surface area contributed by atoms with Crippen molar-refractivity contribution < 1.29 is 14.2 Å². The van der Waals surface area contributed by atoms with E-state index >= 15 is 0 Å². The normalized spacial score (nSPS) is 33.3. The van der Waals surface area contributed by atoms with E-state index in [2.05, 4.69) is 10.2 Å². The molecule has 2 rings (SSSR count). The monoisotopic (exact) mass is 258 g/mol. The van der Waals surface area contributed by atoms with E-state index < -0.39 is 0 Å². The van der Waals surface area contributed by atoms with Crippen LogP contribution >= 0.6 is 0 Å². The average Bonchev–Trinajstić information content (AvgIpc) is 2.38. The van der Waals surface area contributed by atoms with Gasteiger partial charge < -0.3 is 19.5 Å². The van der Waals surface area contributed by atoms with Gasteiger partial charge in [-0.1, -0.05) is 0 Å². The number of nitrogens with zero attached hydrogens (tertiary/aromatic N) is 1. The minimum absolute atomic E-state index is 0.217. The molecular weight excluding hydrogens is 232 g/mol. The second kappa shape index (κ2) is 7.40. The molecule has 1 aliphatic carbocycles. The molecule has 5 heteroatoms. The van der Waals surface area contributed by atoms with Gasteiger partial charge in [0.25, 0.3) is 0 Å². The standard InChI is InChI=1S/C13H26N2O3/c1-3-18-12-10-11(13(12)16-2)14-4-5-15-6-8-17-9-7-15/h11-14H,3-10H2,1-2H3. The lowest BCUT2D eigenvalue weighted by atomic mass is 9.85. The van der Waals surface area contributed by atoms with Gasteiger partial charge in [-0.05, 0) is 13.3 Å². The summed E-state index contributed by atoms with van der Waals surface area (Å²) in [7, 11) is 1.77. The number of nitrogens with one attached hydrogen (secondary N) is 1. The summed E-state index contributed by atoms with van der Waals surface area (Å²) in [6, 6.07) is 0.451. The fourth-order valence-electron chi connectivity index (χ4n) is 2.71. The van der Waals surface area contributed by atoms with Crippen LogP contribution in [0.25, 0.3) is 0 Å². The predicted molar refractivity (Wildman–Crippen MR) is 69.9 cm³/mol. The van der Waals surface area contributed by atoms with E-state index in [1.54, 1.807) is 7.11 Å². The Kier molecular flexibility index (Phi) is 5.85. The first-order valence-corrected chi connectivity index (χ1v) is 7.03. The summed E-state index contributed by atoms with van der Waals surface area (Å²) >= 11 is 0. The molecule has 0 aromatic carbocycles. The van der Waals surface area contributed by atoms with Gasteiger partial charge in [-0.15, -0.1) is 0 Å². The average molecular weight is 258 g/mol. The second-order valence-corrected chi connectivity index (χ2v) is 4.94. The van der Waals surface area contributed by atoms with Crippen LogP contribution in [0.5, 0.6) is 0 Å². The number of methoxy groups -OCH3 is 1. The molecule has 0 bridgehead atoms. The third-order valence-corrected chi connectivity index (χ3v) is 3.84. The van der Waals surface area contributed by atoms with E-state index in [1.165, 1.54) is 0 Å². The smallest absolute Gasteiger partial charge is 0.0986 e. The Morgan fingerprint density at radius 3 is 2.78 bits per heavy atom. The van der Waals surface area contributed by atoms with E-state index in [0.29, 0.717) is 6.04 Å². The Bertz CT molecular complexity index is 234. The maximum absolute atomic E-state index is 5.62. The molecular formula is C13H26N2O3. The van der Waals surface area contributed by atoms with E-state index in [-0.39, 0.29) is 12.2 Å². The van der Waals surface area contributed by atoms with Gasteiger partial charge in [0.15, 0.2) is 0 Å². The van der Waals surface area contributed by atoms with Crippen LogP contribution in [0.2, 0.25) is 0 Å². The van der Waals surface area contributed by atoms with Crippen LogP contribution in [-0.2, 0) is 14.2 Å². The zero-order valence-corrected chi connectivity index (χ0v) is 11.6. The van der Waals surface area contributed by atoms with Gasteiger partial charge in [0.2, 0.25) is 0 Å². The van der Waals surface area contributed by atoms with Crippen molar-refractivity contribution in [2.24, 2.45) is 0 Å². The van der Waals surface area contributed by atoms with Crippen molar-refractivity contribution in [2.45, 2.75) is 31.6 Å². The first-order valence-electron chi connectivity index (χ1n) is 7.03. The fraction of sp³-hybridized carbons (Fsp3) is 1.00. The van der Waals surface area contributed by atoms with Crippen LogP contribution in [-0.4, -0.2) is 76.3 Å². The Balaban J connectivity index is 1.59. The molecule has 0 amide bonds. The molecule has 0 aromatic heterocycles. The largest absolute Gasteiger partial charge is 0.379 e. The van der Waals surface area contributed by atoms with Gasteiger partial charge in [0.1, 0.15) is 0 Å². The molecule has 1 aliphatic heterocycles. The summed E-state index contributed by atoms with van der Waals surface area (Å²) in [5.41, 5.74) is 0. The third-order valence-electron chi connectivity index (χ3n) is 3.84. The molecule has 0 radical (unpaired) electrons. The number of morpholine rings is 1. The fourth-order valence-corrected chi connectivity index (χ4v) is 2.71. The highest BCUT2D eigenvalue weighted by molar-refractivity contribution is 4.97. The van der Waals surface area contributed by atoms with Crippen molar-refractivity contribution in [1.82, 2.24) is 10.2 Å². The quantitative estimate of drug-likeness (QED) is 0.701. The minimum Gasteiger partial charge on any atom is -0.379 e. The SMILES string of the molecule is CCOC1CC(NCCN2CCOCC2)C1OC. The van der Waals surface area contributed by atoms with Crippen molar-refractivity contribution in [3.63, 3.8) is 0 Å². The topological polar surface area (TPSA) is 43.0 Å². The van der Waals surface area contributed by atoms with Crippen LogP contribution in [0.15, 0.2) is 0 Å². The van der Waals surface area contributed by atoms with Crippen LogP contribution in [0.4, 0.5) is 0 Å². The van der Waals surface area contributed by atoms with E-state index in [9.17, 15) is 0 Å². The zero-order valence-electron chi connectivity index (χ0n) is 11.6. The summed E-state index contributed by atoms with van der Waals surface area (Å²) < 4.78 is 16.4. The van der Waals surface area contributed by atoms with E-state index in [0.717, 1.165) is 52.4 Å². The van der Waals surface area contributed by atoms with Crippen LogP contribution in [0, 0.1) is 0 Å².